The van der Waals surface area contributed by atoms with Gasteiger partial charge in [-0.2, -0.15) is 0 Å². The number of hydrogen-bond donors (Lipinski definition) is 0. The number of rotatable bonds is 4. The van der Waals surface area contributed by atoms with Crippen molar-refractivity contribution in [1.82, 2.24) is 4.90 Å². The van der Waals surface area contributed by atoms with Crippen molar-refractivity contribution in [3.05, 3.63) is 33.8 Å². The summed E-state index contributed by atoms with van der Waals surface area (Å²) in [4.78, 5) is 14.4. The van der Waals surface area contributed by atoms with E-state index >= 15 is 0 Å². The predicted molar refractivity (Wildman–Crippen MR) is 81.6 cm³/mol. The molecule has 20 heavy (non-hydrogen) atoms. The van der Waals surface area contributed by atoms with E-state index in [1.165, 1.54) is 19.3 Å². The molecule has 2 rings (SSSR count). The van der Waals surface area contributed by atoms with Crippen molar-refractivity contribution in [2.24, 2.45) is 0 Å². The molecule has 5 heteroatoms. The summed E-state index contributed by atoms with van der Waals surface area (Å²) in [5.74, 6) is -0.392. The molecule has 1 aliphatic heterocycles. The Morgan fingerprint density at radius 1 is 1.30 bits per heavy atom. The van der Waals surface area contributed by atoms with E-state index < -0.39 is 5.97 Å². The van der Waals surface area contributed by atoms with Gasteiger partial charge in [-0.15, -0.1) is 0 Å². The lowest BCUT2D eigenvalue weighted by atomic mass is 10.1. The molecule has 0 N–H and O–H groups in total. The zero-order chi connectivity index (χ0) is 14.5. The second kappa shape index (κ2) is 7.30. The Balaban J connectivity index is 1.89. The Hall–Kier alpha value is -0.770. The number of benzene rings is 1. The predicted octanol–water partition coefficient (Wildman–Crippen LogP) is 4.02. The third kappa shape index (κ3) is 4.37. The highest BCUT2D eigenvalue weighted by Crippen LogP contribution is 2.22. The zero-order valence-electron chi connectivity index (χ0n) is 11.6. The molecular weight excluding hydrogens is 297 g/mol. The van der Waals surface area contributed by atoms with Crippen LogP contribution in [-0.2, 0) is 4.74 Å². The van der Waals surface area contributed by atoms with Crippen molar-refractivity contribution >= 4 is 29.2 Å². The Morgan fingerprint density at radius 2 is 2.00 bits per heavy atom. The lowest BCUT2D eigenvalue weighted by molar-refractivity contribution is 0.0236. The molecule has 0 spiro atoms. The lowest BCUT2D eigenvalue weighted by Crippen LogP contribution is -2.37. The third-order valence-electron chi connectivity index (χ3n) is 3.42. The number of nitrogens with zero attached hydrogens (tertiary/aromatic N) is 1. The summed E-state index contributed by atoms with van der Waals surface area (Å²) < 4.78 is 5.45. The summed E-state index contributed by atoms with van der Waals surface area (Å²) in [6.45, 7) is 4.86. The number of carbonyl (C=O) groups is 1. The molecule has 1 aliphatic rings. The van der Waals surface area contributed by atoms with Crippen LogP contribution in [0.2, 0.25) is 10.0 Å². The van der Waals surface area contributed by atoms with Crippen molar-refractivity contribution in [2.75, 3.05) is 19.6 Å². The molecule has 0 saturated carbocycles. The number of piperidine rings is 1. The van der Waals surface area contributed by atoms with Gasteiger partial charge in [-0.1, -0.05) is 29.6 Å². The third-order valence-corrected chi connectivity index (χ3v) is 3.97. The summed E-state index contributed by atoms with van der Waals surface area (Å²) in [5.41, 5.74) is 0.363. The van der Waals surface area contributed by atoms with Crippen molar-refractivity contribution in [2.45, 2.75) is 32.3 Å². The fourth-order valence-electron chi connectivity index (χ4n) is 2.44. The van der Waals surface area contributed by atoms with Gasteiger partial charge in [-0.3, -0.25) is 4.90 Å². The van der Waals surface area contributed by atoms with E-state index in [1.807, 2.05) is 6.92 Å². The summed E-state index contributed by atoms with van der Waals surface area (Å²) in [6, 6.07) is 4.79. The molecule has 0 amide bonds. The molecule has 0 aromatic heterocycles. The van der Waals surface area contributed by atoms with Crippen LogP contribution < -0.4 is 0 Å². The number of likely N-dealkylation sites (tertiary alicyclic amines) is 1. The van der Waals surface area contributed by atoms with Gasteiger partial charge < -0.3 is 4.74 Å². The van der Waals surface area contributed by atoms with Crippen LogP contribution in [-0.4, -0.2) is 36.6 Å². The van der Waals surface area contributed by atoms with Crippen LogP contribution >= 0.6 is 23.2 Å². The van der Waals surface area contributed by atoms with Gasteiger partial charge in [-0.25, -0.2) is 4.79 Å². The number of carbonyl (C=O) groups excluding carboxylic acids is 1. The van der Waals surface area contributed by atoms with E-state index in [4.69, 9.17) is 27.9 Å². The number of halogens is 2. The lowest BCUT2D eigenvalue weighted by Gasteiger charge is -2.28. The molecular formula is C15H19Cl2NO2. The highest BCUT2D eigenvalue weighted by Gasteiger charge is 2.18. The molecule has 110 valence electrons. The second-order valence-electron chi connectivity index (χ2n) is 5.20. The molecule has 0 radical (unpaired) electrons. The smallest absolute Gasteiger partial charge is 0.339 e. The van der Waals surface area contributed by atoms with Crippen LogP contribution in [0, 0.1) is 0 Å². The molecule has 1 atom stereocenters. The summed E-state index contributed by atoms with van der Waals surface area (Å²) in [6.07, 6.45) is 3.60. The fraction of sp³-hybridized carbons (Fsp3) is 0.533. The van der Waals surface area contributed by atoms with Crippen LogP contribution in [0.4, 0.5) is 0 Å². The van der Waals surface area contributed by atoms with Gasteiger partial charge >= 0.3 is 5.97 Å². The zero-order valence-corrected chi connectivity index (χ0v) is 13.1. The van der Waals surface area contributed by atoms with Crippen molar-refractivity contribution in [3.63, 3.8) is 0 Å². The van der Waals surface area contributed by atoms with E-state index in [0.717, 1.165) is 19.6 Å². The SMILES string of the molecule is C[C@H](CN1CCCCC1)OC(=O)c1ccc(Cl)cc1Cl. The minimum absolute atomic E-state index is 0.146. The highest BCUT2D eigenvalue weighted by molar-refractivity contribution is 6.36. The summed E-state index contributed by atoms with van der Waals surface area (Å²) in [7, 11) is 0. The molecule has 1 saturated heterocycles. The van der Waals surface area contributed by atoms with Gasteiger partial charge in [0.05, 0.1) is 10.6 Å². The Labute approximate surface area is 129 Å². The summed E-state index contributed by atoms with van der Waals surface area (Å²) in [5, 5.41) is 0.834. The van der Waals surface area contributed by atoms with Crippen LogP contribution in [0.25, 0.3) is 0 Å². The van der Waals surface area contributed by atoms with E-state index in [-0.39, 0.29) is 6.10 Å². The van der Waals surface area contributed by atoms with E-state index in [1.54, 1.807) is 18.2 Å². The van der Waals surface area contributed by atoms with Crippen LogP contribution in [0.1, 0.15) is 36.5 Å². The first-order chi connectivity index (χ1) is 9.56. The maximum Gasteiger partial charge on any atom is 0.339 e. The Kier molecular flexibility index (Phi) is 5.70. The molecule has 1 aromatic carbocycles. The monoisotopic (exact) mass is 315 g/mol. The molecule has 0 aliphatic carbocycles. The minimum atomic E-state index is -0.392. The van der Waals surface area contributed by atoms with Crippen LogP contribution in [0.3, 0.4) is 0 Å². The second-order valence-corrected chi connectivity index (χ2v) is 6.04. The molecule has 1 aromatic rings. The molecule has 1 heterocycles. The van der Waals surface area contributed by atoms with Crippen molar-refractivity contribution in [3.8, 4) is 0 Å². The van der Waals surface area contributed by atoms with Gasteiger partial charge in [0.1, 0.15) is 6.10 Å². The molecule has 1 fully saturated rings. The van der Waals surface area contributed by atoms with E-state index in [0.29, 0.717) is 15.6 Å². The number of esters is 1. The Morgan fingerprint density at radius 3 is 2.65 bits per heavy atom. The highest BCUT2D eigenvalue weighted by atomic mass is 35.5. The van der Waals surface area contributed by atoms with Gasteiger partial charge in [0, 0.05) is 11.6 Å². The standard InChI is InChI=1S/C15H19Cl2NO2/c1-11(10-18-7-3-2-4-8-18)20-15(19)13-6-5-12(16)9-14(13)17/h5-6,9,11H,2-4,7-8,10H2,1H3/t11-/m1/s1. The molecule has 0 bridgehead atoms. The number of hydrogen-bond acceptors (Lipinski definition) is 3. The van der Waals surface area contributed by atoms with Crippen molar-refractivity contribution in [1.29, 1.82) is 0 Å². The van der Waals surface area contributed by atoms with Gasteiger partial charge in [0.15, 0.2) is 0 Å². The van der Waals surface area contributed by atoms with Gasteiger partial charge in [-0.05, 0) is 51.1 Å². The normalized spacial score (nSPS) is 17.8. The Bertz CT molecular complexity index is 473. The number of ether oxygens (including phenoxy) is 1. The maximum absolute atomic E-state index is 12.1. The van der Waals surface area contributed by atoms with Crippen molar-refractivity contribution < 1.29 is 9.53 Å². The van der Waals surface area contributed by atoms with Gasteiger partial charge in [0.2, 0.25) is 0 Å². The average Bonchev–Trinajstić information content (AvgIpc) is 2.39. The largest absolute Gasteiger partial charge is 0.458 e. The molecule has 0 unspecified atom stereocenters. The minimum Gasteiger partial charge on any atom is -0.458 e. The first kappa shape index (κ1) is 15.6. The van der Waals surface area contributed by atoms with Crippen LogP contribution in [0.15, 0.2) is 18.2 Å². The first-order valence-electron chi connectivity index (χ1n) is 6.94. The van der Waals surface area contributed by atoms with E-state index in [2.05, 4.69) is 4.90 Å². The average molecular weight is 316 g/mol. The topological polar surface area (TPSA) is 29.5 Å². The van der Waals surface area contributed by atoms with Gasteiger partial charge in [0.25, 0.3) is 0 Å². The van der Waals surface area contributed by atoms with Crippen LogP contribution in [0.5, 0.6) is 0 Å². The van der Waals surface area contributed by atoms with E-state index in [9.17, 15) is 4.79 Å². The summed E-state index contributed by atoms with van der Waals surface area (Å²) >= 11 is 11.8. The fourth-order valence-corrected chi connectivity index (χ4v) is 2.93. The quantitative estimate of drug-likeness (QED) is 0.786. The first-order valence-corrected chi connectivity index (χ1v) is 7.70. The maximum atomic E-state index is 12.1. The molecule has 3 nitrogen and oxygen atoms in total.